The minimum Gasteiger partial charge on any atom is -0.354 e. The number of benzene rings is 1. The Balaban J connectivity index is 1.50. The van der Waals surface area contributed by atoms with Gasteiger partial charge in [0.25, 0.3) is 5.56 Å². The Hall–Kier alpha value is -3.55. The van der Waals surface area contributed by atoms with Gasteiger partial charge < -0.3 is 10.3 Å². The normalized spacial score (nSPS) is 11.1. The van der Waals surface area contributed by atoms with Crippen molar-refractivity contribution < 1.29 is 0 Å². The Morgan fingerprint density at radius 1 is 1.14 bits per heavy atom. The van der Waals surface area contributed by atoms with E-state index in [9.17, 15) is 4.79 Å². The minimum absolute atomic E-state index is 0.124. The third-order valence-corrected chi connectivity index (χ3v) is 4.73. The second-order valence-electron chi connectivity index (χ2n) is 6.64. The van der Waals surface area contributed by atoms with Crippen molar-refractivity contribution in [3.63, 3.8) is 0 Å². The average Bonchev–Trinajstić information content (AvgIpc) is 2.94. The number of hydrogen-bond acceptors (Lipinski definition) is 6. The van der Waals surface area contributed by atoms with Crippen molar-refractivity contribution in [3.8, 4) is 11.3 Å². The molecule has 0 amide bonds. The van der Waals surface area contributed by atoms with Crippen molar-refractivity contribution in [1.29, 1.82) is 0 Å². The molecule has 0 aliphatic heterocycles. The van der Waals surface area contributed by atoms with E-state index in [1.807, 2.05) is 49.8 Å². The van der Waals surface area contributed by atoms with Crippen LogP contribution in [0.2, 0.25) is 0 Å². The van der Waals surface area contributed by atoms with E-state index in [-0.39, 0.29) is 5.56 Å². The molecule has 0 saturated heterocycles. The zero-order chi connectivity index (χ0) is 19.7. The number of hydrogen-bond donors (Lipinski definition) is 2. The molecular formula is C20H21N7O. The van der Waals surface area contributed by atoms with E-state index in [0.29, 0.717) is 35.6 Å². The predicted molar refractivity (Wildman–Crippen MR) is 108 cm³/mol. The van der Waals surface area contributed by atoms with Gasteiger partial charge in [-0.1, -0.05) is 12.1 Å². The first kappa shape index (κ1) is 17.8. The molecule has 28 heavy (non-hydrogen) atoms. The largest absolute Gasteiger partial charge is 0.354 e. The molecular weight excluding hydrogens is 354 g/mol. The molecule has 142 valence electrons. The van der Waals surface area contributed by atoms with Gasteiger partial charge in [0.15, 0.2) is 0 Å². The van der Waals surface area contributed by atoms with Crippen LogP contribution in [0.4, 0.5) is 5.95 Å². The molecule has 0 bridgehead atoms. The van der Waals surface area contributed by atoms with Crippen LogP contribution in [0.25, 0.3) is 22.2 Å². The SMILES string of the molecule is Cc1nn(C)c(C)c1-c1ccnc(NCCc2nc3ccccc3c(=O)[nH]2)n1. The topological polar surface area (TPSA) is 101 Å². The summed E-state index contributed by atoms with van der Waals surface area (Å²) in [7, 11) is 1.92. The summed E-state index contributed by atoms with van der Waals surface area (Å²) in [5.41, 5.74) is 4.41. The number of H-pyrrole nitrogens is 1. The highest BCUT2D eigenvalue weighted by Gasteiger charge is 2.13. The van der Waals surface area contributed by atoms with Crippen molar-refractivity contribution in [2.75, 3.05) is 11.9 Å². The Bertz CT molecular complexity index is 1210. The summed E-state index contributed by atoms with van der Waals surface area (Å²) in [6.45, 7) is 4.54. The van der Waals surface area contributed by atoms with E-state index in [4.69, 9.17) is 0 Å². The van der Waals surface area contributed by atoms with Crippen molar-refractivity contribution in [3.05, 3.63) is 64.1 Å². The Morgan fingerprint density at radius 3 is 2.75 bits per heavy atom. The number of rotatable bonds is 5. The maximum Gasteiger partial charge on any atom is 0.258 e. The Morgan fingerprint density at radius 2 is 1.96 bits per heavy atom. The lowest BCUT2D eigenvalue weighted by Crippen LogP contribution is -2.15. The van der Waals surface area contributed by atoms with Crippen LogP contribution >= 0.6 is 0 Å². The molecule has 0 fully saturated rings. The van der Waals surface area contributed by atoms with Crippen LogP contribution < -0.4 is 10.9 Å². The van der Waals surface area contributed by atoms with Gasteiger partial charge in [-0.2, -0.15) is 5.10 Å². The van der Waals surface area contributed by atoms with Crippen LogP contribution in [-0.4, -0.2) is 36.3 Å². The zero-order valence-electron chi connectivity index (χ0n) is 16.0. The number of aromatic nitrogens is 6. The maximum absolute atomic E-state index is 12.2. The van der Waals surface area contributed by atoms with Crippen LogP contribution in [0, 0.1) is 13.8 Å². The standard InChI is InChI=1S/C20H21N7O/c1-12-18(13(2)27(3)26-12)16-8-10-21-20(24-16)22-11-9-17-23-15-7-5-4-6-14(15)19(28)25-17/h4-8,10H,9,11H2,1-3H3,(H,21,22,24)(H,23,25,28). The molecule has 8 nitrogen and oxygen atoms in total. The Labute approximate surface area is 161 Å². The van der Waals surface area contributed by atoms with Gasteiger partial charge in [-0.3, -0.25) is 9.48 Å². The second-order valence-corrected chi connectivity index (χ2v) is 6.64. The van der Waals surface area contributed by atoms with E-state index in [0.717, 1.165) is 22.6 Å². The molecule has 0 atom stereocenters. The fourth-order valence-electron chi connectivity index (χ4n) is 3.27. The lowest BCUT2D eigenvalue weighted by molar-refractivity contribution is 0.731. The van der Waals surface area contributed by atoms with Crippen molar-refractivity contribution in [2.45, 2.75) is 20.3 Å². The van der Waals surface area contributed by atoms with Crippen LogP contribution in [0.3, 0.4) is 0 Å². The van der Waals surface area contributed by atoms with E-state index in [1.165, 1.54) is 0 Å². The first-order valence-electron chi connectivity index (χ1n) is 9.08. The maximum atomic E-state index is 12.2. The molecule has 8 heteroatoms. The highest BCUT2D eigenvalue weighted by Crippen LogP contribution is 2.24. The molecule has 3 heterocycles. The fourth-order valence-corrected chi connectivity index (χ4v) is 3.27. The molecule has 0 radical (unpaired) electrons. The Kier molecular flexibility index (Phi) is 4.60. The van der Waals surface area contributed by atoms with Crippen LogP contribution in [-0.2, 0) is 13.5 Å². The third kappa shape index (κ3) is 3.36. The number of aryl methyl sites for hydroxylation is 2. The summed E-state index contributed by atoms with van der Waals surface area (Å²) in [5, 5.41) is 8.25. The number of anilines is 1. The summed E-state index contributed by atoms with van der Waals surface area (Å²) in [4.78, 5) is 28.4. The molecule has 4 rings (SSSR count). The van der Waals surface area contributed by atoms with E-state index >= 15 is 0 Å². The summed E-state index contributed by atoms with van der Waals surface area (Å²) >= 11 is 0. The summed E-state index contributed by atoms with van der Waals surface area (Å²) in [6.07, 6.45) is 2.28. The van der Waals surface area contributed by atoms with Gasteiger partial charge >= 0.3 is 0 Å². The van der Waals surface area contributed by atoms with Gasteiger partial charge in [0.05, 0.1) is 22.3 Å². The molecule has 2 N–H and O–H groups in total. The molecule has 0 aliphatic carbocycles. The fraction of sp³-hybridized carbons (Fsp3) is 0.250. The second kappa shape index (κ2) is 7.22. The molecule has 0 spiro atoms. The van der Waals surface area contributed by atoms with E-state index in [1.54, 1.807) is 12.3 Å². The first-order valence-corrected chi connectivity index (χ1v) is 9.08. The molecule has 0 aliphatic rings. The highest BCUT2D eigenvalue weighted by molar-refractivity contribution is 5.77. The number of nitrogens with zero attached hydrogens (tertiary/aromatic N) is 5. The summed E-state index contributed by atoms with van der Waals surface area (Å²) in [5.74, 6) is 1.16. The quantitative estimate of drug-likeness (QED) is 0.555. The smallest absolute Gasteiger partial charge is 0.258 e. The van der Waals surface area contributed by atoms with E-state index in [2.05, 4.69) is 30.4 Å². The molecule has 0 saturated carbocycles. The monoisotopic (exact) mass is 375 g/mol. The van der Waals surface area contributed by atoms with Crippen LogP contribution in [0.5, 0.6) is 0 Å². The van der Waals surface area contributed by atoms with E-state index < -0.39 is 0 Å². The molecule has 1 aromatic carbocycles. The van der Waals surface area contributed by atoms with Gasteiger partial charge in [-0.05, 0) is 32.0 Å². The van der Waals surface area contributed by atoms with Crippen molar-refractivity contribution >= 4 is 16.9 Å². The lowest BCUT2D eigenvalue weighted by atomic mass is 10.1. The van der Waals surface area contributed by atoms with Gasteiger partial charge in [0, 0.05) is 37.5 Å². The molecule has 3 aromatic heterocycles. The van der Waals surface area contributed by atoms with Gasteiger partial charge in [-0.15, -0.1) is 0 Å². The minimum atomic E-state index is -0.124. The van der Waals surface area contributed by atoms with Crippen LogP contribution in [0.15, 0.2) is 41.3 Å². The summed E-state index contributed by atoms with van der Waals surface area (Å²) < 4.78 is 1.85. The first-order chi connectivity index (χ1) is 13.5. The van der Waals surface area contributed by atoms with Gasteiger partial charge in [0.2, 0.25) is 5.95 Å². The molecule has 0 unspecified atom stereocenters. The van der Waals surface area contributed by atoms with Crippen molar-refractivity contribution in [1.82, 2.24) is 29.7 Å². The predicted octanol–water partition coefficient (Wildman–Crippen LogP) is 2.39. The van der Waals surface area contributed by atoms with Crippen LogP contribution in [0.1, 0.15) is 17.2 Å². The number of aromatic amines is 1. The number of nitrogens with one attached hydrogen (secondary N) is 2. The molecule has 4 aromatic rings. The summed E-state index contributed by atoms with van der Waals surface area (Å²) in [6, 6.07) is 9.19. The highest BCUT2D eigenvalue weighted by atomic mass is 16.1. The lowest BCUT2D eigenvalue weighted by Gasteiger charge is -2.07. The number of para-hydroxylation sites is 1. The van der Waals surface area contributed by atoms with Gasteiger partial charge in [-0.25, -0.2) is 15.0 Å². The van der Waals surface area contributed by atoms with Gasteiger partial charge in [0.1, 0.15) is 5.82 Å². The third-order valence-electron chi connectivity index (χ3n) is 4.73. The number of fused-ring (bicyclic) bond motifs is 1. The average molecular weight is 375 g/mol. The van der Waals surface area contributed by atoms with Crippen molar-refractivity contribution in [2.24, 2.45) is 7.05 Å². The zero-order valence-corrected chi connectivity index (χ0v) is 16.0.